The standard InChI is InChI=1S/C19H20F3N3O/c20-19(21,22)16-7-5-15(6-8-16)18(26)24-13-14-4-9-17(23-12-14)25-10-2-1-3-11-25/h4-9,12H,1-3,10-11,13H2,(H,24,26). The molecule has 138 valence electrons. The normalized spacial score (nSPS) is 15.0. The molecule has 2 heterocycles. The topological polar surface area (TPSA) is 45.2 Å². The average Bonchev–Trinajstić information content (AvgIpc) is 2.66. The Balaban J connectivity index is 1.55. The summed E-state index contributed by atoms with van der Waals surface area (Å²) in [7, 11) is 0. The number of alkyl halides is 3. The lowest BCUT2D eigenvalue weighted by Crippen LogP contribution is -2.30. The maximum absolute atomic E-state index is 12.5. The first-order chi connectivity index (χ1) is 12.4. The first kappa shape index (κ1) is 18.2. The van der Waals surface area contributed by atoms with Crippen LogP contribution in [0.3, 0.4) is 0 Å². The van der Waals surface area contributed by atoms with Crippen molar-refractivity contribution in [2.45, 2.75) is 32.0 Å². The lowest BCUT2D eigenvalue weighted by molar-refractivity contribution is -0.137. The van der Waals surface area contributed by atoms with Crippen molar-refractivity contribution < 1.29 is 18.0 Å². The molecule has 0 spiro atoms. The van der Waals surface area contributed by atoms with E-state index in [9.17, 15) is 18.0 Å². The van der Waals surface area contributed by atoms with Crippen LogP contribution in [0.4, 0.5) is 19.0 Å². The van der Waals surface area contributed by atoms with E-state index in [1.165, 1.54) is 31.4 Å². The zero-order valence-corrected chi connectivity index (χ0v) is 14.2. The first-order valence-electron chi connectivity index (χ1n) is 8.59. The van der Waals surface area contributed by atoms with Crippen LogP contribution in [-0.4, -0.2) is 24.0 Å². The Morgan fingerprint density at radius 1 is 1.04 bits per heavy atom. The third-order valence-electron chi connectivity index (χ3n) is 4.42. The molecule has 0 aliphatic carbocycles. The van der Waals surface area contributed by atoms with E-state index in [0.29, 0.717) is 0 Å². The van der Waals surface area contributed by atoms with Gasteiger partial charge < -0.3 is 10.2 Å². The van der Waals surface area contributed by atoms with E-state index in [1.807, 2.05) is 12.1 Å². The third kappa shape index (κ3) is 4.53. The molecule has 0 unspecified atom stereocenters. The van der Waals surface area contributed by atoms with Crippen molar-refractivity contribution in [3.63, 3.8) is 0 Å². The molecule has 26 heavy (non-hydrogen) atoms. The number of rotatable bonds is 4. The lowest BCUT2D eigenvalue weighted by atomic mass is 10.1. The summed E-state index contributed by atoms with van der Waals surface area (Å²) in [5, 5.41) is 2.70. The Hall–Kier alpha value is -2.57. The summed E-state index contributed by atoms with van der Waals surface area (Å²) in [5.74, 6) is 0.515. The molecule has 1 saturated heterocycles. The highest BCUT2D eigenvalue weighted by molar-refractivity contribution is 5.94. The van der Waals surface area contributed by atoms with Crippen LogP contribution in [0.2, 0.25) is 0 Å². The smallest absolute Gasteiger partial charge is 0.357 e. The molecule has 1 N–H and O–H groups in total. The molecule has 1 amide bonds. The fourth-order valence-corrected chi connectivity index (χ4v) is 2.93. The predicted molar refractivity (Wildman–Crippen MR) is 92.9 cm³/mol. The lowest BCUT2D eigenvalue weighted by Gasteiger charge is -2.27. The summed E-state index contributed by atoms with van der Waals surface area (Å²) in [4.78, 5) is 18.8. The van der Waals surface area contributed by atoms with Gasteiger partial charge in [-0.25, -0.2) is 4.98 Å². The van der Waals surface area contributed by atoms with E-state index < -0.39 is 17.6 Å². The molecule has 1 fully saturated rings. The Morgan fingerprint density at radius 2 is 1.73 bits per heavy atom. The molecular weight excluding hydrogens is 343 g/mol. The summed E-state index contributed by atoms with van der Waals surface area (Å²) in [5.41, 5.74) is 0.258. The largest absolute Gasteiger partial charge is 0.416 e. The van der Waals surface area contributed by atoms with Crippen LogP contribution < -0.4 is 10.2 Å². The molecule has 2 aromatic rings. The van der Waals surface area contributed by atoms with Crippen LogP contribution in [0.15, 0.2) is 42.6 Å². The number of piperidine rings is 1. The van der Waals surface area contributed by atoms with Crippen molar-refractivity contribution in [1.82, 2.24) is 10.3 Å². The number of hydrogen-bond acceptors (Lipinski definition) is 3. The number of halogens is 3. The fourth-order valence-electron chi connectivity index (χ4n) is 2.93. The van der Waals surface area contributed by atoms with Gasteiger partial charge >= 0.3 is 6.18 Å². The second-order valence-electron chi connectivity index (χ2n) is 6.33. The Bertz CT molecular complexity index is 736. The van der Waals surface area contributed by atoms with Gasteiger partial charge in [-0.3, -0.25) is 4.79 Å². The van der Waals surface area contributed by atoms with Gasteiger partial charge in [-0.15, -0.1) is 0 Å². The number of hydrogen-bond donors (Lipinski definition) is 1. The molecule has 1 aromatic carbocycles. The molecule has 1 aromatic heterocycles. The molecule has 7 heteroatoms. The number of benzene rings is 1. The second kappa shape index (κ2) is 7.76. The van der Waals surface area contributed by atoms with Gasteiger partial charge in [0, 0.05) is 31.4 Å². The van der Waals surface area contributed by atoms with Crippen molar-refractivity contribution in [3.05, 3.63) is 59.3 Å². The molecule has 0 atom stereocenters. The van der Waals surface area contributed by atoms with Crippen molar-refractivity contribution in [3.8, 4) is 0 Å². The average molecular weight is 363 g/mol. The van der Waals surface area contributed by atoms with Crippen molar-refractivity contribution in [2.24, 2.45) is 0 Å². The highest BCUT2D eigenvalue weighted by Crippen LogP contribution is 2.29. The summed E-state index contributed by atoms with van der Waals surface area (Å²) >= 11 is 0. The van der Waals surface area contributed by atoms with Gasteiger partial charge in [0.1, 0.15) is 5.82 Å². The Labute approximate surface area is 150 Å². The monoisotopic (exact) mass is 363 g/mol. The molecule has 0 bridgehead atoms. The van der Waals surface area contributed by atoms with Crippen LogP contribution >= 0.6 is 0 Å². The highest BCUT2D eigenvalue weighted by atomic mass is 19.4. The number of nitrogens with one attached hydrogen (secondary N) is 1. The molecule has 0 radical (unpaired) electrons. The highest BCUT2D eigenvalue weighted by Gasteiger charge is 2.30. The van der Waals surface area contributed by atoms with Crippen molar-refractivity contribution in [2.75, 3.05) is 18.0 Å². The Kier molecular flexibility index (Phi) is 5.44. The van der Waals surface area contributed by atoms with Crippen LogP contribution in [0.5, 0.6) is 0 Å². The molecular formula is C19H20F3N3O. The number of carbonyl (C=O) groups is 1. The van der Waals surface area contributed by atoms with Gasteiger partial charge in [0.05, 0.1) is 5.56 Å². The summed E-state index contributed by atoms with van der Waals surface area (Å²) < 4.78 is 37.6. The van der Waals surface area contributed by atoms with Gasteiger partial charge in [0.25, 0.3) is 5.91 Å². The van der Waals surface area contributed by atoms with E-state index in [2.05, 4.69) is 15.2 Å². The van der Waals surface area contributed by atoms with Crippen molar-refractivity contribution >= 4 is 11.7 Å². The summed E-state index contributed by atoms with van der Waals surface area (Å²) in [6, 6.07) is 8.01. The van der Waals surface area contributed by atoms with Crippen LogP contribution in [-0.2, 0) is 12.7 Å². The van der Waals surface area contributed by atoms with E-state index in [4.69, 9.17) is 0 Å². The van der Waals surface area contributed by atoms with E-state index in [1.54, 1.807) is 6.20 Å². The molecule has 3 rings (SSSR count). The SMILES string of the molecule is O=C(NCc1ccc(N2CCCCC2)nc1)c1ccc(C(F)(F)F)cc1. The molecule has 0 saturated carbocycles. The number of amides is 1. The Morgan fingerprint density at radius 3 is 2.31 bits per heavy atom. The van der Waals surface area contributed by atoms with Gasteiger partial charge in [0.2, 0.25) is 0 Å². The summed E-state index contributed by atoms with van der Waals surface area (Å²) in [6.07, 6.45) is 0.914. The van der Waals surface area contributed by atoms with E-state index in [0.717, 1.165) is 36.6 Å². The van der Waals surface area contributed by atoms with Gasteiger partial charge in [0.15, 0.2) is 0 Å². The minimum atomic E-state index is -4.41. The quantitative estimate of drug-likeness (QED) is 0.892. The minimum Gasteiger partial charge on any atom is -0.357 e. The number of nitrogens with zero attached hydrogens (tertiary/aromatic N) is 2. The van der Waals surface area contributed by atoms with Gasteiger partial charge in [-0.05, 0) is 55.2 Å². The maximum atomic E-state index is 12.5. The number of pyridine rings is 1. The van der Waals surface area contributed by atoms with Gasteiger partial charge in [-0.2, -0.15) is 13.2 Å². The van der Waals surface area contributed by atoms with Crippen LogP contribution in [0, 0.1) is 0 Å². The third-order valence-corrected chi connectivity index (χ3v) is 4.42. The number of carbonyl (C=O) groups excluding carboxylic acids is 1. The minimum absolute atomic E-state index is 0.191. The van der Waals surface area contributed by atoms with Crippen LogP contribution in [0.1, 0.15) is 40.7 Å². The molecule has 1 aliphatic heterocycles. The van der Waals surface area contributed by atoms with Gasteiger partial charge in [-0.1, -0.05) is 6.07 Å². The zero-order valence-electron chi connectivity index (χ0n) is 14.2. The maximum Gasteiger partial charge on any atom is 0.416 e. The van der Waals surface area contributed by atoms with Crippen molar-refractivity contribution in [1.29, 1.82) is 0 Å². The molecule has 4 nitrogen and oxygen atoms in total. The van der Waals surface area contributed by atoms with Crippen LogP contribution in [0.25, 0.3) is 0 Å². The predicted octanol–water partition coefficient (Wildman–Crippen LogP) is 4.02. The fraction of sp³-hybridized carbons (Fsp3) is 0.368. The molecule has 1 aliphatic rings. The first-order valence-corrected chi connectivity index (χ1v) is 8.59. The number of anilines is 1. The zero-order chi connectivity index (χ0) is 18.6. The van der Waals surface area contributed by atoms with E-state index in [-0.39, 0.29) is 12.1 Å². The number of aromatic nitrogens is 1. The summed E-state index contributed by atoms with van der Waals surface area (Å²) in [6.45, 7) is 2.29. The second-order valence-corrected chi connectivity index (χ2v) is 6.33. The van der Waals surface area contributed by atoms with E-state index >= 15 is 0 Å².